The van der Waals surface area contributed by atoms with E-state index in [0.29, 0.717) is 11.3 Å². The SMILES string of the molecule is COc1ccc(C=CC(=O)Nc2ccccc2SCc2ccncc2)cc1O. The van der Waals surface area contributed by atoms with Gasteiger partial charge in [-0.15, -0.1) is 11.8 Å². The molecule has 0 aliphatic rings. The Morgan fingerprint density at radius 3 is 2.71 bits per heavy atom. The van der Waals surface area contributed by atoms with Gasteiger partial charge in [-0.05, 0) is 53.6 Å². The van der Waals surface area contributed by atoms with Gasteiger partial charge in [-0.3, -0.25) is 9.78 Å². The number of para-hydroxylation sites is 1. The summed E-state index contributed by atoms with van der Waals surface area (Å²) in [5.41, 5.74) is 2.63. The largest absolute Gasteiger partial charge is 0.504 e. The van der Waals surface area contributed by atoms with Crippen LogP contribution in [0.4, 0.5) is 5.69 Å². The first-order valence-corrected chi connectivity index (χ1v) is 9.61. The van der Waals surface area contributed by atoms with Crippen LogP contribution >= 0.6 is 11.8 Å². The molecule has 0 spiro atoms. The van der Waals surface area contributed by atoms with E-state index in [1.807, 2.05) is 36.4 Å². The number of amides is 1. The molecule has 0 aliphatic carbocycles. The summed E-state index contributed by atoms with van der Waals surface area (Å²) >= 11 is 1.65. The molecule has 0 saturated heterocycles. The van der Waals surface area contributed by atoms with Crippen molar-refractivity contribution in [2.75, 3.05) is 12.4 Å². The molecule has 0 radical (unpaired) electrons. The van der Waals surface area contributed by atoms with Crippen LogP contribution in [0.1, 0.15) is 11.1 Å². The highest BCUT2D eigenvalue weighted by atomic mass is 32.2. The first-order valence-electron chi connectivity index (χ1n) is 8.62. The predicted molar refractivity (Wildman–Crippen MR) is 113 cm³/mol. The number of hydrogen-bond donors (Lipinski definition) is 2. The number of phenols is 1. The van der Waals surface area contributed by atoms with Crippen molar-refractivity contribution in [3.8, 4) is 11.5 Å². The van der Waals surface area contributed by atoms with Crippen LogP contribution in [0.5, 0.6) is 11.5 Å². The van der Waals surface area contributed by atoms with Gasteiger partial charge in [0.05, 0.1) is 12.8 Å². The lowest BCUT2D eigenvalue weighted by Crippen LogP contribution is -2.08. The summed E-state index contributed by atoms with van der Waals surface area (Å²) < 4.78 is 5.01. The zero-order valence-corrected chi connectivity index (χ0v) is 16.1. The molecule has 2 aromatic carbocycles. The third-order valence-corrected chi connectivity index (χ3v) is 5.06. The van der Waals surface area contributed by atoms with Gasteiger partial charge in [-0.25, -0.2) is 0 Å². The maximum Gasteiger partial charge on any atom is 0.248 e. The molecular weight excluding hydrogens is 372 g/mol. The molecule has 6 heteroatoms. The highest BCUT2D eigenvalue weighted by Gasteiger charge is 2.06. The van der Waals surface area contributed by atoms with Gasteiger partial charge >= 0.3 is 0 Å². The van der Waals surface area contributed by atoms with Gasteiger partial charge in [0.25, 0.3) is 0 Å². The maximum absolute atomic E-state index is 12.3. The smallest absolute Gasteiger partial charge is 0.248 e. The van der Waals surface area contributed by atoms with Crippen LogP contribution in [0.3, 0.4) is 0 Å². The van der Waals surface area contributed by atoms with E-state index in [2.05, 4.69) is 10.3 Å². The van der Waals surface area contributed by atoms with Gasteiger partial charge < -0.3 is 15.2 Å². The summed E-state index contributed by atoms with van der Waals surface area (Å²) in [6.45, 7) is 0. The predicted octanol–water partition coefficient (Wildman–Crippen LogP) is 4.74. The Morgan fingerprint density at radius 2 is 1.96 bits per heavy atom. The lowest BCUT2D eigenvalue weighted by molar-refractivity contribution is -0.111. The van der Waals surface area contributed by atoms with Crippen molar-refractivity contribution >= 4 is 29.4 Å². The Morgan fingerprint density at radius 1 is 1.18 bits per heavy atom. The average Bonchev–Trinajstić information content (AvgIpc) is 2.72. The third kappa shape index (κ3) is 5.37. The number of hydrogen-bond acceptors (Lipinski definition) is 5. The molecule has 5 nitrogen and oxygen atoms in total. The first-order chi connectivity index (χ1) is 13.7. The number of aromatic nitrogens is 1. The normalized spacial score (nSPS) is 10.8. The molecule has 1 amide bonds. The minimum Gasteiger partial charge on any atom is -0.504 e. The number of methoxy groups -OCH3 is 1. The van der Waals surface area contributed by atoms with Crippen molar-refractivity contribution in [3.63, 3.8) is 0 Å². The number of carbonyl (C=O) groups excluding carboxylic acids is 1. The summed E-state index contributed by atoms with van der Waals surface area (Å²) in [6.07, 6.45) is 6.61. The van der Waals surface area contributed by atoms with E-state index in [1.54, 1.807) is 48.4 Å². The van der Waals surface area contributed by atoms with Crippen molar-refractivity contribution < 1.29 is 14.6 Å². The van der Waals surface area contributed by atoms with Gasteiger partial charge in [-0.2, -0.15) is 0 Å². The number of nitrogens with one attached hydrogen (secondary N) is 1. The van der Waals surface area contributed by atoms with E-state index in [4.69, 9.17) is 4.74 Å². The van der Waals surface area contributed by atoms with E-state index < -0.39 is 0 Å². The highest BCUT2D eigenvalue weighted by Crippen LogP contribution is 2.30. The molecule has 0 bridgehead atoms. The number of thioether (sulfide) groups is 1. The van der Waals surface area contributed by atoms with Crippen LogP contribution in [0.2, 0.25) is 0 Å². The van der Waals surface area contributed by atoms with Crippen LogP contribution < -0.4 is 10.1 Å². The average molecular weight is 392 g/mol. The molecule has 0 atom stereocenters. The number of pyridine rings is 1. The van der Waals surface area contributed by atoms with Crippen molar-refractivity contribution in [1.82, 2.24) is 4.98 Å². The van der Waals surface area contributed by atoms with Gasteiger partial charge in [0, 0.05) is 29.1 Å². The van der Waals surface area contributed by atoms with Crippen LogP contribution in [0.25, 0.3) is 6.08 Å². The number of anilines is 1. The standard InChI is InChI=1S/C22H20N2O3S/c1-27-20-8-6-16(14-19(20)25)7-9-22(26)24-18-4-2-3-5-21(18)28-15-17-10-12-23-13-11-17/h2-14,25H,15H2,1H3,(H,24,26). The Balaban J connectivity index is 1.64. The Bertz CT molecular complexity index is 975. The number of aromatic hydroxyl groups is 1. The Labute approximate surface area is 168 Å². The van der Waals surface area contributed by atoms with Crippen molar-refractivity contribution in [2.45, 2.75) is 10.6 Å². The van der Waals surface area contributed by atoms with Gasteiger partial charge in [-0.1, -0.05) is 18.2 Å². The second-order valence-corrected chi connectivity index (χ2v) is 6.91. The number of carbonyl (C=O) groups is 1. The molecular formula is C22H20N2O3S. The minimum absolute atomic E-state index is 0.0305. The lowest BCUT2D eigenvalue weighted by Gasteiger charge is -2.09. The minimum atomic E-state index is -0.243. The maximum atomic E-state index is 12.3. The molecule has 1 heterocycles. The number of rotatable bonds is 7. The molecule has 2 N–H and O–H groups in total. The number of nitrogens with zero attached hydrogens (tertiary/aromatic N) is 1. The molecule has 0 unspecified atom stereocenters. The second kappa shape index (κ2) is 9.62. The lowest BCUT2D eigenvalue weighted by atomic mass is 10.2. The summed E-state index contributed by atoms with van der Waals surface area (Å²) in [7, 11) is 1.49. The number of phenolic OH excluding ortho intramolecular Hbond substituents is 1. The third-order valence-electron chi connectivity index (χ3n) is 3.92. The van der Waals surface area contributed by atoms with Gasteiger partial charge in [0.1, 0.15) is 0 Å². The van der Waals surface area contributed by atoms with Crippen molar-refractivity contribution in [2.24, 2.45) is 0 Å². The van der Waals surface area contributed by atoms with Gasteiger partial charge in [0.15, 0.2) is 11.5 Å². The van der Waals surface area contributed by atoms with Crippen LogP contribution in [0, 0.1) is 0 Å². The van der Waals surface area contributed by atoms with Crippen LogP contribution in [0.15, 0.2) is 78.0 Å². The van der Waals surface area contributed by atoms with Crippen molar-refractivity contribution in [3.05, 3.63) is 84.2 Å². The molecule has 0 saturated carbocycles. The van der Waals surface area contributed by atoms with E-state index in [-0.39, 0.29) is 11.7 Å². The molecule has 1 aromatic heterocycles. The van der Waals surface area contributed by atoms with Crippen molar-refractivity contribution in [1.29, 1.82) is 0 Å². The van der Waals surface area contributed by atoms with E-state index in [9.17, 15) is 9.90 Å². The summed E-state index contributed by atoms with van der Waals surface area (Å²) in [4.78, 5) is 17.3. The summed E-state index contributed by atoms with van der Waals surface area (Å²) in [5, 5.41) is 12.7. The summed E-state index contributed by atoms with van der Waals surface area (Å²) in [6, 6.07) is 16.6. The fraction of sp³-hybridized carbons (Fsp3) is 0.0909. The fourth-order valence-electron chi connectivity index (χ4n) is 2.49. The first kappa shape index (κ1) is 19.5. The second-order valence-electron chi connectivity index (χ2n) is 5.89. The Kier molecular flexibility index (Phi) is 6.70. The molecule has 28 heavy (non-hydrogen) atoms. The highest BCUT2D eigenvalue weighted by molar-refractivity contribution is 7.98. The van der Waals surface area contributed by atoms with Crippen LogP contribution in [-0.4, -0.2) is 23.1 Å². The molecule has 3 rings (SSSR count). The molecule has 142 valence electrons. The zero-order valence-electron chi connectivity index (χ0n) is 15.3. The van der Waals surface area contributed by atoms with Crippen LogP contribution in [-0.2, 0) is 10.5 Å². The van der Waals surface area contributed by atoms with E-state index in [1.165, 1.54) is 18.7 Å². The molecule has 0 fully saturated rings. The van der Waals surface area contributed by atoms with E-state index >= 15 is 0 Å². The topological polar surface area (TPSA) is 71.5 Å². The summed E-state index contributed by atoms with van der Waals surface area (Å²) in [5.74, 6) is 0.966. The molecule has 0 aliphatic heterocycles. The molecule has 3 aromatic rings. The fourth-order valence-corrected chi connectivity index (χ4v) is 3.46. The monoisotopic (exact) mass is 392 g/mol. The van der Waals surface area contributed by atoms with Gasteiger partial charge in [0.2, 0.25) is 5.91 Å². The Hall–Kier alpha value is -3.25. The quantitative estimate of drug-likeness (QED) is 0.449. The number of benzene rings is 2. The zero-order chi connectivity index (χ0) is 19.8. The number of ether oxygens (including phenoxy) is 1. The van der Waals surface area contributed by atoms with E-state index in [0.717, 1.165) is 16.3 Å².